The van der Waals surface area contributed by atoms with Gasteiger partial charge in [0, 0.05) is 12.8 Å². The Bertz CT molecular complexity index is 380. The van der Waals surface area contributed by atoms with Gasteiger partial charge in [-0.05, 0) is 20.3 Å². The van der Waals surface area contributed by atoms with Crippen LogP contribution in [0.1, 0.15) is 27.2 Å². The van der Waals surface area contributed by atoms with E-state index in [9.17, 15) is 13.2 Å². The lowest BCUT2D eigenvalue weighted by molar-refractivity contribution is -0.132. The lowest BCUT2D eigenvalue weighted by Gasteiger charge is -2.21. The van der Waals surface area contributed by atoms with E-state index < -0.39 is 15.4 Å². The summed E-state index contributed by atoms with van der Waals surface area (Å²) >= 11 is 0. The van der Waals surface area contributed by atoms with Crippen molar-refractivity contribution in [1.29, 1.82) is 0 Å². The molecule has 1 saturated heterocycles. The van der Waals surface area contributed by atoms with E-state index >= 15 is 0 Å². The first-order valence-corrected chi connectivity index (χ1v) is 7.52. The number of nitrogens with zero attached hydrogens (tertiary/aromatic N) is 1. The van der Waals surface area contributed by atoms with E-state index in [2.05, 4.69) is 5.32 Å². The summed E-state index contributed by atoms with van der Waals surface area (Å²) in [4.78, 5) is 13.7. The highest BCUT2D eigenvalue weighted by molar-refractivity contribution is 7.90. The molecular formula is C10H20N2O3S. The second kappa shape index (κ2) is 4.33. The first kappa shape index (κ1) is 13.4. The molecule has 1 heterocycles. The minimum Gasteiger partial charge on any atom is -0.325 e. The molecular weight excluding hydrogens is 228 g/mol. The number of nitrogens with one attached hydrogen (secondary N) is 1. The van der Waals surface area contributed by atoms with Gasteiger partial charge in [0.05, 0.1) is 17.5 Å². The fourth-order valence-electron chi connectivity index (χ4n) is 1.91. The third-order valence-electron chi connectivity index (χ3n) is 3.14. The zero-order chi connectivity index (χ0) is 12.6. The second-order valence-corrected chi connectivity index (χ2v) is 6.89. The fraction of sp³-hybridized carbons (Fsp3) is 0.900. The maximum Gasteiger partial charge on any atom is 0.243 e. The van der Waals surface area contributed by atoms with Crippen LogP contribution in [0.5, 0.6) is 0 Å². The molecule has 0 saturated carbocycles. The van der Waals surface area contributed by atoms with Gasteiger partial charge in [0.15, 0.2) is 0 Å². The smallest absolute Gasteiger partial charge is 0.243 e. The van der Waals surface area contributed by atoms with Crippen molar-refractivity contribution in [3.63, 3.8) is 0 Å². The molecule has 6 heteroatoms. The van der Waals surface area contributed by atoms with Crippen molar-refractivity contribution in [2.24, 2.45) is 0 Å². The monoisotopic (exact) mass is 248 g/mol. The van der Waals surface area contributed by atoms with Gasteiger partial charge in [-0.3, -0.25) is 10.1 Å². The first-order valence-electron chi connectivity index (χ1n) is 5.46. The average molecular weight is 248 g/mol. The molecule has 0 radical (unpaired) electrons. The summed E-state index contributed by atoms with van der Waals surface area (Å²) in [7, 11) is -3.02. The zero-order valence-corrected chi connectivity index (χ0v) is 11.1. The topological polar surface area (TPSA) is 66.5 Å². The van der Waals surface area contributed by atoms with Crippen molar-refractivity contribution in [1.82, 2.24) is 10.2 Å². The highest BCUT2D eigenvalue weighted by atomic mass is 32.2. The molecule has 5 nitrogen and oxygen atoms in total. The Morgan fingerprint density at radius 3 is 2.44 bits per heavy atom. The van der Waals surface area contributed by atoms with Gasteiger partial charge < -0.3 is 4.90 Å². The Balaban J connectivity index is 2.72. The summed E-state index contributed by atoms with van der Waals surface area (Å²) in [6.07, 6.45) is 1.79. The van der Waals surface area contributed by atoms with E-state index in [0.717, 1.165) is 0 Å². The van der Waals surface area contributed by atoms with Crippen molar-refractivity contribution in [2.75, 3.05) is 18.6 Å². The molecule has 0 aromatic heterocycles. The number of amides is 1. The lowest BCUT2D eigenvalue weighted by Crippen LogP contribution is -2.43. The predicted octanol–water partition coefficient (Wildman–Crippen LogP) is -0.0225. The van der Waals surface area contributed by atoms with E-state index in [4.69, 9.17) is 0 Å². The van der Waals surface area contributed by atoms with Crippen LogP contribution >= 0.6 is 0 Å². The highest BCUT2D eigenvalue weighted by Gasteiger charge is 2.44. The van der Waals surface area contributed by atoms with Crippen LogP contribution in [0.25, 0.3) is 0 Å². The van der Waals surface area contributed by atoms with Gasteiger partial charge in [0.1, 0.15) is 9.84 Å². The van der Waals surface area contributed by atoms with Crippen LogP contribution in [-0.4, -0.2) is 49.5 Å². The number of hydrogen-bond acceptors (Lipinski definition) is 4. The number of carbonyl (C=O) groups is 1. The van der Waals surface area contributed by atoms with E-state index in [1.54, 1.807) is 4.90 Å². The third kappa shape index (κ3) is 2.74. The summed E-state index contributed by atoms with van der Waals surface area (Å²) < 4.78 is 22.1. The van der Waals surface area contributed by atoms with Gasteiger partial charge in [-0.2, -0.15) is 0 Å². The molecule has 94 valence electrons. The van der Waals surface area contributed by atoms with Crippen LogP contribution in [0.3, 0.4) is 0 Å². The maximum absolute atomic E-state index is 12.1. The molecule has 0 aromatic carbocycles. The molecule has 2 atom stereocenters. The minimum absolute atomic E-state index is 0.00819. The quantitative estimate of drug-likeness (QED) is 0.759. The summed E-state index contributed by atoms with van der Waals surface area (Å²) in [5, 5.41) is 3.20. The molecule has 16 heavy (non-hydrogen) atoms. The van der Waals surface area contributed by atoms with Gasteiger partial charge >= 0.3 is 0 Å². The molecule has 1 aliphatic heterocycles. The third-order valence-corrected chi connectivity index (χ3v) is 4.06. The molecule has 0 spiro atoms. The molecule has 1 amide bonds. The summed E-state index contributed by atoms with van der Waals surface area (Å²) in [5.74, 6) is 0.0102. The standard InChI is InChI=1S/C10H20N2O3S/c1-5-10(3)9(13)12(8(2)11-10)6-7-16(4,14)15/h8,11H,5-7H2,1-4H3. The van der Waals surface area contributed by atoms with Crippen LogP contribution in [0.15, 0.2) is 0 Å². The summed E-state index contributed by atoms with van der Waals surface area (Å²) in [6.45, 7) is 5.94. The van der Waals surface area contributed by atoms with Crippen LogP contribution in [-0.2, 0) is 14.6 Å². The van der Waals surface area contributed by atoms with Crippen LogP contribution < -0.4 is 5.32 Å². The fourth-order valence-corrected chi connectivity index (χ4v) is 2.43. The van der Waals surface area contributed by atoms with Crippen LogP contribution in [0, 0.1) is 0 Å². The zero-order valence-electron chi connectivity index (χ0n) is 10.3. The Hall–Kier alpha value is -0.620. The van der Waals surface area contributed by atoms with Crippen molar-refractivity contribution in [2.45, 2.75) is 38.9 Å². The molecule has 1 fully saturated rings. The Morgan fingerprint density at radius 2 is 2.06 bits per heavy atom. The van der Waals surface area contributed by atoms with Crippen molar-refractivity contribution in [3.8, 4) is 0 Å². The number of rotatable bonds is 4. The number of sulfone groups is 1. The molecule has 0 aliphatic carbocycles. The van der Waals surface area contributed by atoms with Crippen molar-refractivity contribution < 1.29 is 13.2 Å². The maximum atomic E-state index is 12.1. The first-order chi connectivity index (χ1) is 7.19. The SMILES string of the molecule is CCC1(C)NC(C)N(CCS(C)(=O)=O)C1=O. The number of carbonyl (C=O) groups excluding carboxylic acids is 1. The van der Waals surface area contributed by atoms with Gasteiger partial charge in [-0.25, -0.2) is 8.42 Å². The Labute approximate surface area is 97.1 Å². The highest BCUT2D eigenvalue weighted by Crippen LogP contribution is 2.22. The molecule has 1 rings (SSSR count). The van der Waals surface area contributed by atoms with Gasteiger partial charge in [-0.15, -0.1) is 0 Å². The summed E-state index contributed by atoms with van der Waals surface area (Å²) in [6, 6.07) is 0. The summed E-state index contributed by atoms with van der Waals surface area (Å²) in [5.41, 5.74) is -0.545. The van der Waals surface area contributed by atoms with E-state index in [-0.39, 0.29) is 24.4 Å². The van der Waals surface area contributed by atoms with E-state index in [1.807, 2.05) is 20.8 Å². The second-order valence-electron chi connectivity index (χ2n) is 4.63. The van der Waals surface area contributed by atoms with Crippen LogP contribution in [0.2, 0.25) is 0 Å². The van der Waals surface area contributed by atoms with Gasteiger partial charge in [-0.1, -0.05) is 6.92 Å². The predicted molar refractivity (Wildman–Crippen MR) is 62.7 cm³/mol. The van der Waals surface area contributed by atoms with Gasteiger partial charge in [0.2, 0.25) is 5.91 Å². The minimum atomic E-state index is -3.02. The van der Waals surface area contributed by atoms with E-state index in [0.29, 0.717) is 6.42 Å². The van der Waals surface area contributed by atoms with Crippen molar-refractivity contribution in [3.05, 3.63) is 0 Å². The largest absolute Gasteiger partial charge is 0.325 e. The average Bonchev–Trinajstić information content (AvgIpc) is 2.35. The molecule has 2 unspecified atom stereocenters. The molecule has 0 aromatic rings. The molecule has 1 N–H and O–H groups in total. The molecule has 0 bridgehead atoms. The van der Waals surface area contributed by atoms with Gasteiger partial charge in [0.25, 0.3) is 0 Å². The normalized spacial score (nSPS) is 31.1. The van der Waals surface area contributed by atoms with E-state index in [1.165, 1.54) is 6.26 Å². The lowest BCUT2D eigenvalue weighted by atomic mass is 9.99. The van der Waals surface area contributed by atoms with Crippen LogP contribution in [0.4, 0.5) is 0 Å². The Morgan fingerprint density at radius 1 is 1.50 bits per heavy atom. The Kier molecular flexibility index (Phi) is 3.64. The number of hydrogen-bond donors (Lipinski definition) is 1. The molecule has 1 aliphatic rings. The van der Waals surface area contributed by atoms with Crippen molar-refractivity contribution >= 4 is 15.7 Å².